The van der Waals surface area contributed by atoms with E-state index in [1.165, 1.54) is 21.9 Å². The molecule has 0 bridgehead atoms. The molecule has 4 aromatic heterocycles. The van der Waals surface area contributed by atoms with Crippen molar-refractivity contribution >= 4 is 57.3 Å². The summed E-state index contributed by atoms with van der Waals surface area (Å²) in [7, 11) is 0. The number of fused-ring (bicyclic) bond motifs is 1. The van der Waals surface area contributed by atoms with Gasteiger partial charge in [0.25, 0.3) is 5.65 Å². The van der Waals surface area contributed by atoms with E-state index in [1.54, 1.807) is 29.1 Å². The van der Waals surface area contributed by atoms with Gasteiger partial charge < -0.3 is 5.11 Å². The summed E-state index contributed by atoms with van der Waals surface area (Å²) in [5.74, 6) is -0.797. The average Bonchev–Trinajstić information content (AvgIpc) is 3.28. The lowest BCUT2D eigenvalue weighted by molar-refractivity contribution is -0.582. The van der Waals surface area contributed by atoms with Crippen molar-refractivity contribution in [2.24, 2.45) is 0 Å². The summed E-state index contributed by atoms with van der Waals surface area (Å²) >= 11 is 14.1. The maximum absolute atomic E-state index is 12.9. The molecule has 0 saturated carbocycles. The van der Waals surface area contributed by atoms with E-state index in [0.717, 1.165) is 16.2 Å². The van der Waals surface area contributed by atoms with Gasteiger partial charge in [-0.25, -0.2) is 18.9 Å². The Balaban J connectivity index is 1.91. The SMILES string of the molecule is O=C(c1cnc(Cl)s1)c1c([O-])[n+]2ccccc2n1Cc1cnc(Cl)s1. The average molecular weight is 411 g/mol. The van der Waals surface area contributed by atoms with E-state index in [1.807, 2.05) is 6.07 Å². The van der Waals surface area contributed by atoms with Crippen molar-refractivity contribution in [2.75, 3.05) is 0 Å². The number of hydrogen-bond donors (Lipinski definition) is 0. The molecule has 0 aliphatic carbocycles. The Kier molecular flexibility index (Phi) is 4.20. The van der Waals surface area contributed by atoms with E-state index in [9.17, 15) is 9.90 Å². The van der Waals surface area contributed by atoms with Gasteiger partial charge in [-0.1, -0.05) is 40.6 Å². The predicted molar refractivity (Wildman–Crippen MR) is 93.8 cm³/mol. The molecule has 0 amide bonds. The van der Waals surface area contributed by atoms with Crippen LogP contribution in [-0.4, -0.2) is 20.3 Å². The molecule has 0 N–H and O–H groups in total. The summed E-state index contributed by atoms with van der Waals surface area (Å²) in [4.78, 5) is 21.9. The third kappa shape index (κ3) is 2.91. The van der Waals surface area contributed by atoms with Gasteiger partial charge >= 0.3 is 0 Å². The Morgan fingerprint density at radius 1 is 1.20 bits per heavy atom. The zero-order chi connectivity index (χ0) is 17.6. The van der Waals surface area contributed by atoms with Gasteiger partial charge in [-0.2, -0.15) is 0 Å². The second kappa shape index (κ2) is 6.38. The van der Waals surface area contributed by atoms with E-state index >= 15 is 0 Å². The molecule has 0 atom stereocenters. The molecule has 0 radical (unpaired) electrons. The lowest BCUT2D eigenvalue weighted by Crippen LogP contribution is -2.24. The fraction of sp³-hybridized carbons (Fsp3) is 0.0667. The van der Waals surface area contributed by atoms with E-state index in [4.69, 9.17) is 23.2 Å². The van der Waals surface area contributed by atoms with Crippen molar-refractivity contribution in [1.82, 2.24) is 14.5 Å². The number of aromatic nitrogens is 4. The Morgan fingerprint density at radius 3 is 2.64 bits per heavy atom. The van der Waals surface area contributed by atoms with E-state index in [2.05, 4.69) is 9.97 Å². The molecule has 0 aromatic carbocycles. The molecule has 0 fully saturated rings. The monoisotopic (exact) mass is 410 g/mol. The summed E-state index contributed by atoms with van der Waals surface area (Å²) in [6.45, 7) is 0.313. The maximum atomic E-state index is 12.9. The highest BCUT2D eigenvalue weighted by molar-refractivity contribution is 7.17. The number of halogens is 2. The fourth-order valence-electron chi connectivity index (χ4n) is 2.54. The van der Waals surface area contributed by atoms with E-state index in [-0.39, 0.29) is 16.0 Å². The van der Waals surface area contributed by atoms with Crippen molar-refractivity contribution in [2.45, 2.75) is 6.54 Å². The molecule has 0 unspecified atom stereocenters. The summed E-state index contributed by atoms with van der Waals surface area (Å²) in [6.07, 6.45) is 4.64. The number of hydrogen-bond acceptors (Lipinski definition) is 6. The van der Waals surface area contributed by atoms with Gasteiger partial charge in [-0.3, -0.25) is 4.79 Å². The second-order valence-corrected chi connectivity index (χ2v) is 8.36. The Morgan fingerprint density at radius 2 is 1.96 bits per heavy atom. The summed E-state index contributed by atoms with van der Waals surface area (Å²) in [6, 6.07) is 5.32. The van der Waals surface area contributed by atoms with Crippen LogP contribution in [0.4, 0.5) is 0 Å². The lowest BCUT2D eigenvalue weighted by Gasteiger charge is -2.03. The normalized spacial score (nSPS) is 11.3. The smallest absolute Gasteiger partial charge is 0.286 e. The molecular formula is C15H8Cl2N4O2S2. The van der Waals surface area contributed by atoms with E-state index in [0.29, 0.717) is 21.5 Å². The molecule has 126 valence electrons. The molecule has 0 aliphatic heterocycles. The van der Waals surface area contributed by atoms with Crippen molar-refractivity contribution in [3.8, 4) is 5.88 Å². The number of thiazole rings is 2. The van der Waals surface area contributed by atoms with Crippen molar-refractivity contribution in [3.63, 3.8) is 0 Å². The van der Waals surface area contributed by atoms with Crippen LogP contribution in [0.25, 0.3) is 5.65 Å². The third-order valence-electron chi connectivity index (χ3n) is 3.56. The van der Waals surface area contributed by atoms with Crippen LogP contribution in [0.15, 0.2) is 36.8 Å². The first-order chi connectivity index (χ1) is 12.0. The second-order valence-electron chi connectivity index (χ2n) is 5.05. The number of ketones is 1. The first kappa shape index (κ1) is 16.5. The molecule has 0 spiro atoms. The quantitative estimate of drug-likeness (QED) is 0.382. The van der Waals surface area contributed by atoms with Crippen LogP contribution in [0.2, 0.25) is 8.93 Å². The van der Waals surface area contributed by atoms with Gasteiger partial charge in [0.15, 0.2) is 8.93 Å². The largest absolute Gasteiger partial charge is 0.839 e. The number of nitrogens with zero attached hydrogens (tertiary/aromatic N) is 4. The van der Waals surface area contributed by atoms with Crippen LogP contribution < -0.4 is 9.51 Å². The van der Waals surface area contributed by atoms with Gasteiger partial charge in [-0.15, -0.1) is 11.3 Å². The molecule has 25 heavy (non-hydrogen) atoms. The molecule has 0 saturated heterocycles. The molecule has 4 heterocycles. The van der Waals surface area contributed by atoms with Crippen LogP contribution in [0, 0.1) is 0 Å². The minimum absolute atomic E-state index is 0.0519. The van der Waals surface area contributed by atoms with E-state index < -0.39 is 5.78 Å². The molecule has 4 aromatic rings. The van der Waals surface area contributed by atoms with Gasteiger partial charge in [-0.05, 0) is 6.07 Å². The van der Waals surface area contributed by atoms with Gasteiger partial charge in [0.05, 0.1) is 17.3 Å². The first-order valence-corrected chi connectivity index (χ1v) is 9.39. The van der Waals surface area contributed by atoms with Crippen LogP contribution in [0.3, 0.4) is 0 Å². The highest BCUT2D eigenvalue weighted by Crippen LogP contribution is 2.26. The molecule has 0 aliphatic rings. The summed E-state index contributed by atoms with van der Waals surface area (Å²) in [5, 5.41) is 12.8. The maximum Gasteiger partial charge on any atom is 0.286 e. The van der Waals surface area contributed by atoms with Crippen molar-refractivity contribution in [3.05, 3.63) is 61.2 Å². The predicted octanol–water partition coefficient (Wildman–Crippen LogP) is 2.80. The molecule has 6 nitrogen and oxygen atoms in total. The first-order valence-electron chi connectivity index (χ1n) is 7.00. The topological polar surface area (TPSA) is 74.9 Å². The number of carbonyl (C=O) groups excluding carboxylic acids is 1. The minimum atomic E-state index is -0.409. The van der Waals surface area contributed by atoms with Crippen LogP contribution in [-0.2, 0) is 6.54 Å². The number of carbonyl (C=O) groups is 1. The Labute approximate surface area is 159 Å². The Hall–Kier alpha value is -2.00. The third-order valence-corrected chi connectivity index (χ3v) is 5.78. The van der Waals surface area contributed by atoms with Gasteiger partial charge in [0.2, 0.25) is 11.5 Å². The molecular weight excluding hydrogens is 403 g/mol. The van der Waals surface area contributed by atoms with Gasteiger partial charge in [0.1, 0.15) is 17.3 Å². The minimum Gasteiger partial charge on any atom is -0.839 e. The molecule has 4 rings (SSSR count). The van der Waals surface area contributed by atoms with Crippen LogP contribution in [0.5, 0.6) is 5.88 Å². The zero-order valence-electron chi connectivity index (χ0n) is 12.3. The standard InChI is InChI=1S/C15H8Cl2N4O2S2/c16-14-18-5-8(24-14)7-21-10-3-1-2-4-20(10)13(23)11(21)12(22)9-6-19-15(17)25-9/h1-6H,7H2. The van der Waals surface area contributed by atoms with Crippen LogP contribution >= 0.6 is 45.9 Å². The van der Waals surface area contributed by atoms with Crippen molar-refractivity contribution < 1.29 is 14.3 Å². The number of imidazole rings is 1. The highest BCUT2D eigenvalue weighted by Gasteiger charge is 2.28. The highest BCUT2D eigenvalue weighted by atomic mass is 35.5. The van der Waals surface area contributed by atoms with Gasteiger partial charge in [0, 0.05) is 12.3 Å². The summed E-state index contributed by atoms with van der Waals surface area (Å²) in [5.41, 5.74) is 0.659. The van der Waals surface area contributed by atoms with Crippen LogP contribution in [0.1, 0.15) is 20.2 Å². The molecule has 10 heteroatoms. The lowest BCUT2D eigenvalue weighted by atomic mass is 10.2. The zero-order valence-corrected chi connectivity index (χ0v) is 15.5. The van der Waals surface area contributed by atoms with Crippen molar-refractivity contribution in [1.29, 1.82) is 0 Å². The number of rotatable bonds is 4. The Bertz CT molecular complexity index is 1100. The fourth-order valence-corrected chi connectivity index (χ4v) is 4.38. The summed E-state index contributed by atoms with van der Waals surface area (Å²) < 4.78 is 3.77. The number of pyridine rings is 1.